The zero-order valence-corrected chi connectivity index (χ0v) is 9.53. The molecule has 0 saturated heterocycles. The highest BCUT2D eigenvalue weighted by atomic mass is 32.2. The number of halogens is 2. The van der Waals surface area contributed by atoms with E-state index in [-0.39, 0.29) is 0 Å². The lowest BCUT2D eigenvalue weighted by Crippen LogP contribution is -2.19. The smallest absolute Gasteiger partial charge is 0.214 e. The van der Waals surface area contributed by atoms with Crippen molar-refractivity contribution in [3.05, 3.63) is 29.8 Å². The van der Waals surface area contributed by atoms with Crippen molar-refractivity contribution in [3.8, 4) is 0 Å². The molecule has 0 aromatic heterocycles. The van der Waals surface area contributed by atoms with E-state index in [2.05, 4.69) is 0 Å². The third kappa shape index (κ3) is 3.56. The van der Waals surface area contributed by atoms with E-state index in [4.69, 9.17) is 0 Å². The molecule has 1 rings (SSSR count). The van der Waals surface area contributed by atoms with Crippen LogP contribution < -0.4 is 4.72 Å². The summed E-state index contributed by atoms with van der Waals surface area (Å²) in [5.41, 5.74) is 0. The molecule has 0 aliphatic carbocycles. The Hall–Kier alpha value is -1.01. The van der Waals surface area contributed by atoms with Crippen molar-refractivity contribution < 1.29 is 17.2 Å². The molecule has 0 radical (unpaired) electrons. The fourth-order valence-corrected chi connectivity index (χ4v) is 1.59. The highest BCUT2D eigenvalue weighted by molar-refractivity contribution is 7.89. The quantitative estimate of drug-likeness (QED) is 0.853. The third-order valence-corrected chi connectivity index (χ3v) is 2.90. The van der Waals surface area contributed by atoms with Gasteiger partial charge < -0.3 is 0 Å². The topological polar surface area (TPSA) is 46.2 Å². The maximum absolute atomic E-state index is 12.9. The second-order valence-electron chi connectivity index (χ2n) is 2.28. The van der Waals surface area contributed by atoms with Crippen LogP contribution in [0, 0.1) is 11.6 Å². The zero-order chi connectivity index (χ0) is 12.1. The first-order valence-electron chi connectivity index (χ1n) is 4.36. The molecule has 0 aliphatic heterocycles. The van der Waals surface area contributed by atoms with E-state index in [0.29, 0.717) is 6.07 Å². The Bertz CT molecular complexity index is 418. The van der Waals surface area contributed by atoms with Crippen molar-refractivity contribution in [3.63, 3.8) is 0 Å². The highest BCUT2D eigenvalue weighted by Gasteiger charge is 2.16. The van der Waals surface area contributed by atoms with Gasteiger partial charge in [-0.1, -0.05) is 13.8 Å². The van der Waals surface area contributed by atoms with Crippen LogP contribution in [-0.4, -0.2) is 15.5 Å². The van der Waals surface area contributed by atoms with Crippen LogP contribution in [0.4, 0.5) is 8.78 Å². The van der Waals surface area contributed by atoms with Crippen LogP contribution in [0.25, 0.3) is 0 Å². The van der Waals surface area contributed by atoms with E-state index >= 15 is 0 Å². The second-order valence-corrected chi connectivity index (χ2v) is 4.14. The average Bonchev–Trinajstić information content (AvgIpc) is 2.20. The molecule has 0 fully saturated rings. The Morgan fingerprint density at radius 2 is 1.73 bits per heavy atom. The fraction of sp³-hybridized carbons (Fsp3) is 0.333. The van der Waals surface area contributed by atoms with Crippen LogP contribution in [-0.2, 0) is 10.0 Å². The average molecular weight is 237 g/mol. The summed E-state index contributed by atoms with van der Waals surface area (Å²) in [5, 5.41) is 0. The van der Waals surface area contributed by atoms with E-state index in [0.717, 1.165) is 19.2 Å². The number of rotatable bonds is 2. The van der Waals surface area contributed by atoms with Crippen molar-refractivity contribution >= 4 is 10.0 Å². The monoisotopic (exact) mass is 237 g/mol. The normalized spacial score (nSPS) is 10.5. The standard InChI is InChI=1S/C7H7F2NO2S.C2H6/c1-10-13(11,12)7-3-2-5(8)4-6(7)9;1-2/h2-4,10H,1H3;1-2H3. The lowest BCUT2D eigenvalue weighted by Gasteiger charge is -2.02. The number of benzene rings is 1. The number of sulfonamides is 1. The Balaban J connectivity index is 0.000000921. The van der Waals surface area contributed by atoms with Gasteiger partial charge in [0.2, 0.25) is 10.0 Å². The largest absolute Gasteiger partial charge is 0.243 e. The van der Waals surface area contributed by atoms with Crippen LogP contribution in [0.15, 0.2) is 23.1 Å². The SMILES string of the molecule is CC.CNS(=O)(=O)c1ccc(F)cc1F. The molecule has 6 heteroatoms. The van der Waals surface area contributed by atoms with Crippen molar-refractivity contribution in [1.29, 1.82) is 0 Å². The maximum Gasteiger partial charge on any atom is 0.243 e. The van der Waals surface area contributed by atoms with E-state index in [1.807, 2.05) is 18.6 Å². The molecule has 15 heavy (non-hydrogen) atoms. The molecular formula is C9H13F2NO2S. The van der Waals surface area contributed by atoms with Gasteiger partial charge in [-0.3, -0.25) is 0 Å². The Morgan fingerprint density at radius 1 is 1.20 bits per heavy atom. The molecule has 1 aromatic carbocycles. The molecule has 0 amide bonds. The minimum absolute atomic E-state index is 0.518. The van der Waals surface area contributed by atoms with Crippen LogP contribution in [0.3, 0.4) is 0 Å². The van der Waals surface area contributed by atoms with Gasteiger partial charge in [-0.25, -0.2) is 21.9 Å². The second kappa shape index (κ2) is 5.77. The molecule has 3 nitrogen and oxygen atoms in total. The molecule has 0 unspecified atom stereocenters. The van der Waals surface area contributed by atoms with Crippen LogP contribution >= 0.6 is 0 Å². The van der Waals surface area contributed by atoms with E-state index < -0.39 is 26.6 Å². The van der Waals surface area contributed by atoms with E-state index in [1.165, 1.54) is 0 Å². The first kappa shape index (κ1) is 14.0. The first-order valence-corrected chi connectivity index (χ1v) is 5.84. The van der Waals surface area contributed by atoms with Crippen molar-refractivity contribution in [2.24, 2.45) is 0 Å². The van der Waals surface area contributed by atoms with Gasteiger partial charge in [0.25, 0.3) is 0 Å². The molecule has 0 aliphatic rings. The summed E-state index contributed by atoms with van der Waals surface area (Å²) < 4.78 is 49.3. The minimum atomic E-state index is -3.84. The van der Waals surface area contributed by atoms with Gasteiger partial charge >= 0.3 is 0 Å². The van der Waals surface area contributed by atoms with Crippen molar-refractivity contribution in [2.75, 3.05) is 7.05 Å². The predicted molar refractivity (Wildman–Crippen MR) is 54.0 cm³/mol. The third-order valence-electron chi connectivity index (χ3n) is 1.45. The molecule has 1 N–H and O–H groups in total. The molecule has 0 atom stereocenters. The summed E-state index contributed by atoms with van der Waals surface area (Å²) in [4.78, 5) is -0.559. The van der Waals surface area contributed by atoms with Gasteiger partial charge in [-0.2, -0.15) is 0 Å². The molecule has 0 saturated carbocycles. The van der Waals surface area contributed by atoms with Gasteiger partial charge in [0.1, 0.15) is 16.5 Å². The van der Waals surface area contributed by atoms with Gasteiger partial charge in [-0.05, 0) is 19.2 Å². The summed E-state index contributed by atoms with van der Waals surface area (Å²) in [6.45, 7) is 4.00. The molecule has 0 bridgehead atoms. The van der Waals surface area contributed by atoms with E-state index in [9.17, 15) is 17.2 Å². The van der Waals surface area contributed by atoms with Crippen LogP contribution in [0.5, 0.6) is 0 Å². The summed E-state index contributed by atoms with van der Waals surface area (Å²) in [7, 11) is -2.69. The summed E-state index contributed by atoms with van der Waals surface area (Å²) in [6.07, 6.45) is 0. The number of hydrogen-bond donors (Lipinski definition) is 1. The number of nitrogens with one attached hydrogen (secondary N) is 1. The lowest BCUT2D eigenvalue weighted by atomic mass is 10.3. The maximum atomic E-state index is 12.9. The van der Waals surface area contributed by atoms with Crippen molar-refractivity contribution in [2.45, 2.75) is 18.7 Å². The molecule has 0 heterocycles. The Kier molecular flexibility index (Phi) is 5.38. The molecule has 0 spiro atoms. The Labute approximate surface area is 88.2 Å². The zero-order valence-electron chi connectivity index (χ0n) is 8.71. The van der Waals surface area contributed by atoms with Gasteiger partial charge in [0, 0.05) is 6.07 Å². The summed E-state index contributed by atoms with van der Waals surface area (Å²) in [6, 6.07) is 2.27. The summed E-state index contributed by atoms with van der Waals surface area (Å²) in [5.74, 6) is -1.91. The minimum Gasteiger partial charge on any atom is -0.214 e. The number of hydrogen-bond acceptors (Lipinski definition) is 2. The van der Waals surface area contributed by atoms with Gasteiger partial charge in [-0.15, -0.1) is 0 Å². The fourth-order valence-electron chi connectivity index (χ4n) is 0.803. The highest BCUT2D eigenvalue weighted by Crippen LogP contribution is 2.14. The van der Waals surface area contributed by atoms with Crippen LogP contribution in [0.2, 0.25) is 0 Å². The van der Waals surface area contributed by atoms with E-state index in [1.54, 1.807) is 0 Å². The molecule has 86 valence electrons. The molecule has 1 aromatic rings. The van der Waals surface area contributed by atoms with Gasteiger partial charge in [0.05, 0.1) is 0 Å². The van der Waals surface area contributed by atoms with Gasteiger partial charge in [0.15, 0.2) is 0 Å². The summed E-state index contributed by atoms with van der Waals surface area (Å²) >= 11 is 0. The van der Waals surface area contributed by atoms with Crippen LogP contribution in [0.1, 0.15) is 13.8 Å². The molecular weight excluding hydrogens is 224 g/mol. The first-order chi connectivity index (χ1) is 6.97. The lowest BCUT2D eigenvalue weighted by molar-refractivity contribution is 0.546. The predicted octanol–water partition coefficient (Wildman–Crippen LogP) is 1.90. The van der Waals surface area contributed by atoms with Crippen molar-refractivity contribution in [1.82, 2.24) is 4.72 Å². The Morgan fingerprint density at radius 3 is 2.13 bits per heavy atom.